The molecule has 2 aliphatic rings. The van der Waals surface area contributed by atoms with Crippen molar-refractivity contribution >= 4 is 10.9 Å². The quantitative estimate of drug-likeness (QED) is 0.744. The molecular formula is C14H15N3. The number of hydrogen-bond donors (Lipinski definition) is 1. The monoisotopic (exact) mass is 225 g/mol. The van der Waals surface area contributed by atoms with Crippen molar-refractivity contribution in [1.82, 2.24) is 9.55 Å². The predicted octanol–water partition coefficient (Wildman–Crippen LogP) is 2.49. The number of para-hydroxylation sites is 1. The van der Waals surface area contributed by atoms with E-state index in [2.05, 4.69) is 46.2 Å². The second-order valence-corrected chi connectivity index (χ2v) is 4.25. The van der Waals surface area contributed by atoms with Crippen LogP contribution in [0.4, 0.5) is 0 Å². The summed E-state index contributed by atoms with van der Waals surface area (Å²) in [6.45, 7) is 1.68. The molecule has 3 rings (SSSR count). The SMILES string of the molecule is NCCCn1ccc2c3ccccc3nc-2c1. The van der Waals surface area contributed by atoms with Crippen molar-refractivity contribution < 1.29 is 0 Å². The van der Waals surface area contributed by atoms with E-state index in [4.69, 9.17) is 5.73 Å². The highest BCUT2D eigenvalue weighted by atomic mass is 14.9. The van der Waals surface area contributed by atoms with E-state index in [0.29, 0.717) is 0 Å². The minimum atomic E-state index is 0.724. The lowest BCUT2D eigenvalue weighted by Gasteiger charge is -2.07. The largest absolute Gasteiger partial charge is 0.352 e. The third-order valence-corrected chi connectivity index (χ3v) is 3.05. The van der Waals surface area contributed by atoms with Gasteiger partial charge in [0.2, 0.25) is 0 Å². The van der Waals surface area contributed by atoms with Gasteiger partial charge in [0.05, 0.1) is 11.2 Å². The van der Waals surface area contributed by atoms with Gasteiger partial charge in [-0.1, -0.05) is 18.2 Å². The Morgan fingerprint density at radius 3 is 2.94 bits per heavy atom. The Bertz CT molecular complexity index is 612. The fraction of sp³-hybridized carbons (Fsp3) is 0.214. The molecule has 3 heteroatoms. The van der Waals surface area contributed by atoms with Crippen LogP contribution in [0.25, 0.3) is 22.2 Å². The summed E-state index contributed by atoms with van der Waals surface area (Å²) in [4.78, 5) is 4.63. The Balaban J connectivity index is 2.10. The first-order chi connectivity index (χ1) is 8.38. The minimum Gasteiger partial charge on any atom is -0.352 e. The topological polar surface area (TPSA) is 43.8 Å². The van der Waals surface area contributed by atoms with Crippen LogP contribution in [0.15, 0.2) is 42.7 Å². The normalized spacial score (nSPS) is 11.4. The highest BCUT2D eigenvalue weighted by Gasteiger charge is 2.10. The third kappa shape index (κ3) is 1.78. The van der Waals surface area contributed by atoms with E-state index < -0.39 is 0 Å². The molecule has 1 aromatic carbocycles. The van der Waals surface area contributed by atoms with Crippen LogP contribution >= 0.6 is 0 Å². The summed E-state index contributed by atoms with van der Waals surface area (Å²) in [5.41, 5.74) is 8.88. The molecule has 0 saturated heterocycles. The molecule has 0 bridgehead atoms. The zero-order chi connectivity index (χ0) is 11.7. The molecular weight excluding hydrogens is 210 g/mol. The molecule has 1 aromatic rings. The number of fused-ring (bicyclic) bond motifs is 3. The van der Waals surface area contributed by atoms with E-state index in [1.807, 2.05) is 6.07 Å². The lowest BCUT2D eigenvalue weighted by atomic mass is 10.1. The summed E-state index contributed by atoms with van der Waals surface area (Å²) in [6.07, 6.45) is 5.20. The molecule has 0 saturated carbocycles. The molecule has 0 radical (unpaired) electrons. The third-order valence-electron chi connectivity index (χ3n) is 3.05. The average molecular weight is 225 g/mol. The van der Waals surface area contributed by atoms with Crippen molar-refractivity contribution in [2.75, 3.05) is 6.54 Å². The van der Waals surface area contributed by atoms with Crippen molar-refractivity contribution in [2.45, 2.75) is 13.0 Å². The molecule has 0 aromatic heterocycles. The molecule has 2 aliphatic heterocycles. The van der Waals surface area contributed by atoms with Gasteiger partial charge in [0.25, 0.3) is 0 Å². The number of benzene rings is 1. The molecule has 3 nitrogen and oxygen atoms in total. The van der Waals surface area contributed by atoms with E-state index in [0.717, 1.165) is 30.7 Å². The van der Waals surface area contributed by atoms with Crippen molar-refractivity contribution in [1.29, 1.82) is 0 Å². The van der Waals surface area contributed by atoms with Crippen LogP contribution in [0.3, 0.4) is 0 Å². The molecule has 0 fully saturated rings. The maximum Gasteiger partial charge on any atom is 0.0878 e. The van der Waals surface area contributed by atoms with Gasteiger partial charge in [-0.2, -0.15) is 0 Å². The summed E-state index contributed by atoms with van der Waals surface area (Å²) in [5.74, 6) is 0. The first-order valence-electron chi connectivity index (χ1n) is 5.93. The van der Waals surface area contributed by atoms with Gasteiger partial charge in [0, 0.05) is 29.9 Å². The van der Waals surface area contributed by atoms with Gasteiger partial charge in [-0.3, -0.25) is 0 Å². The Morgan fingerprint density at radius 2 is 2.06 bits per heavy atom. The fourth-order valence-corrected chi connectivity index (χ4v) is 2.18. The second-order valence-electron chi connectivity index (χ2n) is 4.25. The number of pyridine rings is 1. The summed E-state index contributed by atoms with van der Waals surface area (Å²) in [7, 11) is 0. The zero-order valence-electron chi connectivity index (χ0n) is 9.63. The van der Waals surface area contributed by atoms with Crippen LogP contribution in [-0.2, 0) is 6.54 Å². The van der Waals surface area contributed by atoms with Gasteiger partial charge in [-0.15, -0.1) is 0 Å². The second kappa shape index (κ2) is 4.18. The molecule has 2 N–H and O–H groups in total. The number of rotatable bonds is 3. The molecule has 0 amide bonds. The van der Waals surface area contributed by atoms with Gasteiger partial charge < -0.3 is 10.3 Å². The van der Waals surface area contributed by atoms with E-state index in [1.54, 1.807) is 0 Å². The molecule has 0 atom stereocenters. The maximum atomic E-state index is 5.52. The van der Waals surface area contributed by atoms with Crippen LogP contribution in [-0.4, -0.2) is 16.1 Å². The first kappa shape index (κ1) is 10.3. The van der Waals surface area contributed by atoms with Crippen molar-refractivity contribution in [3.63, 3.8) is 0 Å². The number of nitrogens with two attached hydrogens (primary N) is 1. The van der Waals surface area contributed by atoms with Gasteiger partial charge in [0.15, 0.2) is 0 Å². The molecule has 2 heterocycles. The van der Waals surface area contributed by atoms with Gasteiger partial charge >= 0.3 is 0 Å². The van der Waals surface area contributed by atoms with Crippen LogP contribution in [0.1, 0.15) is 6.42 Å². The summed E-state index contributed by atoms with van der Waals surface area (Å²) in [5, 5.41) is 1.23. The van der Waals surface area contributed by atoms with Crippen LogP contribution in [0.5, 0.6) is 0 Å². The average Bonchev–Trinajstić information content (AvgIpc) is 2.74. The van der Waals surface area contributed by atoms with Gasteiger partial charge in [-0.05, 0) is 25.1 Å². The number of aryl methyl sites for hydroxylation is 1. The maximum absolute atomic E-state index is 5.52. The van der Waals surface area contributed by atoms with E-state index in [1.165, 1.54) is 10.9 Å². The van der Waals surface area contributed by atoms with Crippen LogP contribution in [0.2, 0.25) is 0 Å². The van der Waals surface area contributed by atoms with E-state index in [9.17, 15) is 0 Å². The molecule has 0 aliphatic carbocycles. The Kier molecular flexibility index (Phi) is 2.53. The lowest BCUT2D eigenvalue weighted by molar-refractivity contribution is 0.647. The summed E-state index contributed by atoms with van der Waals surface area (Å²) < 4.78 is 2.15. The smallest absolute Gasteiger partial charge is 0.0878 e. The fourth-order valence-electron chi connectivity index (χ4n) is 2.18. The van der Waals surface area contributed by atoms with Crippen molar-refractivity contribution in [2.24, 2.45) is 5.73 Å². The first-order valence-corrected chi connectivity index (χ1v) is 5.93. The number of nitrogens with zero attached hydrogens (tertiary/aromatic N) is 2. The highest BCUT2D eigenvalue weighted by Crippen LogP contribution is 2.30. The minimum absolute atomic E-state index is 0.724. The Morgan fingerprint density at radius 1 is 1.18 bits per heavy atom. The Hall–Kier alpha value is -1.87. The zero-order valence-corrected chi connectivity index (χ0v) is 9.63. The van der Waals surface area contributed by atoms with Crippen LogP contribution < -0.4 is 5.73 Å². The van der Waals surface area contributed by atoms with Crippen LogP contribution in [0, 0.1) is 0 Å². The Labute approximate surface area is 100 Å². The molecule has 17 heavy (non-hydrogen) atoms. The predicted molar refractivity (Wildman–Crippen MR) is 70.0 cm³/mol. The van der Waals surface area contributed by atoms with Gasteiger partial charge in [0.1, 0.15) is 0 Å². The molecule has 86 valence electrons. The highest BCUT2D eigenvalue weighted by molar-refractivity contribution is 5.96. The van der Waals surface area contributed by atoms with Gasteiger partial charge in [-0.25, -0.2) is 4.98 Å². The van der Waals surface area contributed by atoms with Crippen molar-refractivity contribution in [3.8, 4) is 11.3 Å². The summed E-state index contributed by atoms with van der Waals surface area (Å²) in [6, 6.07) is 10.4. The number of hydrogen-bond acceptors (Lipinski definition) is 2. The molecule has 0 spiro atoms. The lowest BCUT2D eigenvalue weighted by Crippen LogP contribution is -2.05. The van der Waals surface area contributed by atoms with E-state index in [-0.39, 0.29) is 0 Å². The number of aromatic nitrogens is 2. The van der Waals surface area contributed by atoms with Crippen molar-refractivity contribution in [3.05, 3.63) is 42.7 Å². The summed E-state index contributed by atoms with van der Waals surface area (Å²) >= 11 is 0. The standard InChI is InChI=1S/C14H15N3/c15-7-3-8-17-9-6-12-11-4-1-2-5-13(11)16-14(12)10-17/h1-2,4-6,9-10H,3,7-8,15H2. The molecule has 0 unspecified atom stereocenters. The van der Waals surface area contributed by atoms with E-state index >= 15 is 0 Å².